The monoisotopic (exact) mass is 251 g/mol. The number of piperidine rings is 1. The molecule has 0 aromatic heterocycles. The smallest absolute Gasteiger partial charge is 0.236 e. The summed E-state index contributed by atoms with van der Waals surface area (Å²) in [5, 5.41) is 3.52. The summed E-state index contributed by atoms with van der Waals surface area (Å²) >= 11 is 0. The van der Waals surface area contributed by atoms with Gasteiger partial charge < -0.3 is 10.2 Å². The fourth-order valence-electron chi connectivity index (χ4n) is 3.79. The van der Waals surface area contributed by atoms with Crippen molar-refractivity contribution in [2.45, 2.75) is 50.6 Å². The Bertz CT molecular complexity index is 301. The fourth-order valence-corrected chi connectivity index (χ4v) is 3.79. The summed E-state index contributed by atoms with van der Waals surface area (Å²) in [4.78, 5) is 16.7. The SMILES string of the molecule is O=C(CNC1CCN2CCCC12)N1CCCCC1. The molecule has 3 aliphatic heterocycles. The van der Waals surface area contributed by atoms with E-state index in [9.17, 15) is 4.79 Å². The number of fused-ring (bicyclic) bond motifs is 1. The molecule has 0 aromatic rings. The van der Waals surface area contributed by atoms with Gasteiger partial charge in [0.2, 0.25) is 5.91 Å². The molecule has 3 saturated heterocycles. The lowest BCUT2D eigenvalue weighted by atomic mass is 10.1. The third kappa shape index (κ3) is 2.54. The van der Waals surface area contributed by atoms with Gasteiger partial charge in [-0.3, -0.25) is 9.69 Å². The minimum absolute atomic E-state index is 0.311. The van der Waals surface area contributed by atoms with Crippen molar-refractivity contribution in [1.82, 2.24) is 15.1 Å². The summed E-state index contributed by atoms with van der Waals surface area (Å²) in [6.07, 6.45) is 7.53. The van der Waals surface area contributed by atoms with E-state index in [0.29, 0.717) is 24.5 Å². The number of amides is 1. The van der Waals surface area contributed by atoms with Crippen molar-refractivity contribution in [1.29, 1.82) is 0 Å². The lowest BCUT2D eigenvalue weighted by molar-refractivity contribution is -0.131. The average molecular weight is 251 g/mol. The van der Waals surface area contributed by atoms with Crippen molar-refractivity contribution in [3.05, 3.63) is 0 Å². The lowest BCUT2D eigenvalue weighted by Crippen LogP contribution is -2.46. The molecule has 0 aliphatic carbocycles. The van der Waals surface area contributed by atoms with Crippen molar-refractivity contribution in [2.75, 3.05) is 32.7 Å². The number of carbonyl (C=O) groups excluding carboxylic acids is 1. The molecule has 102 valence electrons. The molecule has 2 unspecified atom stereocenters. The Morgan fingerprint density at radius 1 is 1.00 bits per heavy atom. The summed E-state index contributed by atoms with van der Waals surface area (Å²) in [5.74, 6) is 0.311. The van der Waals surface area contributed by atoms with Crippen molar-refractivity contribution < 1.29 is 4.79 Å². The molecule has 18 heavy (non-hydrogen) atoms. The van der Waals surface area contributed by atoms with Crippen LogP contribution >= 0.6 is 0 Å². The van der Waals surface area contributed by atoms with Gasteiger partial charge in [0.1, 0.15) is 0 Å². The normalized spacial score (nSPS) is 32.8. The van der Waals surface area contributed by atoms with E-state index < -0.39 is 0 Å². The Kier molecular flexibility index (Phi) is 3.85. The minimum atomic E-state index is 0.311. The number of hydrogen-bond donors (Lipinski definition) is 1. The van der Waals surface area contributed by atoms with Gasteiger partial charge in [0, 0.05) is 31.7 Å². The van der Waals surface area contributed by atoms with Crippen molar-refractivity contribution >= 4 is 5.91 Å². The van der Waals surface area contributed by atoms with Gasteiger partial charge in [-0.05, 0) is 45.1 Å². The first-order valence-electron chi connectivity index (χ1n) is 7.60. The van der Waals surface area contributed by atoms with E-state index >= 15 is 0 Å². The quantitative estimate of drug-likeness (QED) is 0.807. The molecule has 2 atom stereocenters. The Balaban J connectivity index is 1.44. The average Bonchev–Trinajstić information content (AvgIpc) is 3.00. The zero-order chi connectivity index (χ0) is 12.4. The van der Waals surface area contributed by atoms with Crippen molar-refractivity contribution in [3.63, 3.8) is 0 Å². The van der Waals surface area contributed by atoms with Crippen LogP contribution in [0.3, 0.4) is 0 Å². The molecular formula is C14H25N3O. The Morgan fingerprint density at radius 3 is 2.67 bits per heavy atom. The van der Waals surface area contributed by atoms with Gasteiger partial charge >= 0.3 is 0 Å². The molecule has 1 amide bonds. The van der Waals surface area contributed by atoms with Gasteiger partial charge in [-0.1, -0.05) is 0 Å². The van der Waals surface area contributed by atoms with Crippen LogP contribution < -0.4 is 5.32 Å². The van der Waals surface area contributed by atoms with Crippen LogP contribution in [-0.4, -0.2) is 60.5 Å². The number of carbonyl (C=O) groups is 1. The van der Waals surface area contributed by atoms with Gasteiger partial charge in [-0.15, -0.1) is 0 Å². The maximum absolute atomic E-state index is 12.1. The van der Waals surface area contributed by atoms with Crippen LogP contribution in [0.2, 0.25) is 0 Å². The van der Waals surface area contributed by atoms with Gasteiger partial charge in [0.05, 0.1) is 6.54 Å². The standard InChI is InChI=1S/C14H25N3O/c18-14(17-7-2-1-3-8-17)11-15-12-6-10-16-9-4-5-13(12)16/h12-13,15H,1-11H2. The summed E-state index contributed by atoms with van der Waals surface area (Å²) in [5.41, 5.74) is 0. The van der Waals surface area contributed by atoms with E-state index in [0.717, 1.165) is 13.1 Å². The van der Waals surface area contributed by atoms with E-state index in [4.69, 9.17) is 0 Å². The van der Waals surface area contributed by atoms with E-state index in [1.165, 1.54) is 51.6 Å². The molecule has 3 rings (SSSR count). The predicted octanol–water partition coefficient (Wildman–Crippen LogP) is 0.825. The topological polar surface area (TPSA) is 35.6 Å². The summed E-state index contributed by atoms with van der Waals surface area (Å²) in [6.45, 7) is 4.99. The lowest BCUT2D eigenvalue weighted by Gasteiger charge is -2.28. The number of rotatable bonds is 3. The maximum Gasteiger partial charge on any atom is 0.236 e. The predicted molar refractivity (Wildman–Crippen MR) is 71.4 cm³/mol. The van der Waals surface area contributed by atoms with E-state index in [2.05, 4.69) is 10.2 Å². The first-order chi connectivity index (χ1) is 8.84. The Labute approximate surface area is 110 Å². The van der Waals surface area contributed by atoms with Crippen LogP contribution in [0, 0.1) is 0 Å². The van der Waals surface area contributed by atoms with Gasteiger partial charge in [-0.2, -0.15) is 0 Å². The fraction of sp³-hybridized carbons (Fsp3) is 0.929. The third-order valence-corrected chi connectivity index (χ3v) is 4.83. The number of hydrogen-bond acceptors (Lipinski definition) is 3. The molecule has 4 heteroatoms. The first-order valence-corrected chi connectivity index (χ1v) is 7.60. The highest BCUT2D eigenvalue weighted by atomic mass is 16.2. The maximum atomic E-state index is 12.1. The van der Waals surface area contributed by atoms with E-state index in [-0.39, 0.29) is 0 Å². The zero-order valence-electron chi connectivity index (χ0n) is 11.2. The van der Waals surface area contributed by atoms with Crippen molar-refractivity contribution in [3.8, 4) is 0 Å². The van der Waals surface area contributed by atoms with E-state index in [1.807, 2.05) is 4.90 Å². The van der Waals surface area contributed by atoms with Crippen LogP contribution in [-0.2, 0) is 4.79 Å². The Morgan fingerprint density at radius 2 is 1.83 bits per heavy atom. The second kappa shape index (κ2) is 5.57. The van der Waals surface area contributed by atoms with Crippen LogP contribution in [0.15, 0.2) is 0 Å². The highest BCUT2D eigenvalue weighted by Gasteiger charge is 2.37. The highest BCUT2D eigenvalue weighted by Crippen LogP contribution is 2.27. The molecule has 1 N–H and O–H groups in total. The number of likely N-dealkylation sites (tertiary alicyclic amines) is 1. The third-order valence-electron chi connectivity index (χ3n) is 4.83. The first kappa shape index (κ1) is 12.4. The Hall–Kier alpha value is -0.610. The summed E-state index contributed by atoms with van der Waals surface area (Å²) in [6, 6.07) is 1.26. The highest BCUT2D eigenvalue weighted by molar-refractivity contribution is 5.78. The molecule has 0 bridgehead atoms. The van der Waals surface area contributed by atoms with Crippen LogP contribution in [0.1, 0.15) is 38.5 Å². The number of nitrogens with one attached hydrogen (secondary N) is 1. The summed E-state index contributed by atoms with van der Waals surface area (Å²) < 4.78 is 0. The molecule has 3 aliphatic rings. The van der Waals surface area contributed by atoms with Gasteiger partial charge in [0.15, 0.2) is 0 Å². The molecule has 0 saturated carbocycles. The molecule has 0 aromatic carbocycles. The van der Waals surface area contributed by atoms with Crippen LogP contribution in [0.5, 0.6) is 0 Å². The largest absolute Gasteiger partial charge is 0.342 e. The molecular weight excluding hydrogens is 226 g/mol. The molecule has 3 fully saturated rings. The second-order valence-corrected chi connectivity index (χ2v) is 5.96. The number of nitrogens with zero attached hydrogens (tertiary/aromatic N) is 2. The van der Waals surface area contributed by atoms with Gasteiger partial charge in [-0.25, -0.2) is 0 Å². The molecule has 0 radical (unpaired) electrons. The van der Waals surface area contributed by atoms with Crippen LogP contribution in [0.25, 0.3) is 0 Å². The zero-order valence-corrected chi connectivity index (χ0v) is 11.2. The second-order valence-electron chi connectivity index (χ2n) is 5.96. The molecule has 4 nitrogen and oxygen atoms in total. The van der Waals surface area contributed by atoms with Crippen molar-refractivity contribution in [2.24, 2.45) is 0 Å². The van der Waals surface area contributed by atoms with Gasteiger partial charge in [0.25, 0.3) is 0 Å². The van der Waals surface area contributed by atoms with E-state index in [1.54, 1.807) is 0 Å². The minimum Gasteiger partial charge on any atom is -0.342 e. The molecule has 0 spiro atoms. The summed E-state index contributed by atoms with van der Waals surface area (Å²) in [7, 11) is 0. The molecule has 3 heterocycles. The van der Waals surface area contributed by atoms with Crippen LogP contribution in [0.4, 0.5) is 0 Å².